The van der Waals surface area contributed by atoms with Crippen molar-refractivity contribution in [2.75, 3.05) is 49.0 Å². The van der Waals surface area contributed by atoms with E-state index in [1.54, 1.807) is 36.0 Å². The molecule has 4 heterocycles. The normalized spacial score (nSPS) is 14.8. The number of aromatic nitrogens is 5. The summed E-state index contributed by atoms with van der Waals surface area (Å²) < 4.78 is 18.2. The molecule has 3 aromatic carbocycles. The second kappa shape index (κ2) is 20.1. The van der Waals surface area contributed by atoms with E-state index in [0.29, 0.717) is 67.2 Å². The Morgan fingerprint density at radius 1 is 0.952 bits per heavy atom. The van der Waals surface area contributed by atoms with Gasteiger partial charge in [-0.3, -0.25) is 0 Å². The molecule has 1 amide bonds. The number of nitrogens with one attached hydrogen (secondary N) is 1. The van der Waals surface area contributed by atoms with E-state index in [2.05, 4.69) is 35.0 Å². The number of nitrogens with zero attached hydrogens (tertiary/aromatic N) is 9. The number of nitriles is 1. The zero-order valence-electron chi connectivity index (χ0n) is 35.9. The van der Waals surface area contributed by atoms with Gasteiger partial charge in [0.2, 0.25) is 5.95 Å². The third-order valence-electron chi connectivity index (χ3n) is 11.0. The number of aryl methyl sites for hydroxylation is 1. The molecule has 7 rings (SSSR count). The number of rotatable bonds is 17. The van der Waals surface area contributed by atoms with Crippen LogP contribution < -0.4 is 24.6 Å². The van der Waals surface area contributed by atoms with Gasteiger partial charge in [0.15, 0.2) is 11.5 Å². The zero-order chi connectivity index (χ0) is 43.6. The Kier molecular flexibility index (Phi) is 14.0. The SMILES string of the molecule is CCC[C@H](C)Nc1nc(N(Cc2ccc(OC)cc2)Cc2ccc(OC)cc2)c2ncc(C(O)c3cnc(N4CCN(C(=O)OCc5ccccc5)[C@@H](CC#N)C4)c(C)c3)n2n1. The lowest BCUT2D eigenvalue weighted by Gasteiger charge is -2.40. The maximum Gasteiger partial charge on any atom is 0.410 e. The largest absolute Gasteiger partial charge is 0.497 e. The first-order valence-electron chi connectivity index (χ1n) is 20.9. The van der Waals surface area contributed by atoms with Gasteiger partial charge in [0, 0.05) is 50.5 Å². The van der Waals surface area contributed by atoms with Gasteiger partial charge in [0.05, 0.1) is 44.6 Å². The molecular weight excluding hydrogens is 785 g/mol. The summed E-state index contributed by atoms with van der Waals surface area (Å²) in [6.45, 7) is 8.62. The van der Waals surface area contributed by atoms with Crippen LogP contribution in [0.15, 0.2) is 97.3 Å². The van der Waals surface area contributed by atoms with E-state index < -0.39 is 12.2 Å². The first kappa shape index (κ1) is 43.2. The standard InChI is InChI=1S/C47H54N10O5/c1-6-10-33(3)51-46-52-45(55(28-34-13-17-39(60-4)18-14-34)29-35-15-19-40(61-5)20-16-35)44-50-27-41(57(44)53-46)42(58)37-25-32(2)43(49-26-37)54-23-24-56(38(30-54)21-22-48)47(59)62-31-36-11-8-7-9-12-36/h7-9,11-20,25-27,33,38,42,58H,6,10,21,23-24,28-31H2,1-5H3,(H,51,53)/t33-,38-,42?/m0/s1. The summed E-state index contributed by atoms with van der Waals surface area (Å²) in [5.74, 6) is 3.25. The van der Waals surface area contributed by atoms with Crippen molar-refractivity contribution in [3.05, 3.63) is 131 Å². The molecule has 1 unspecified atom stereocenters. The van der Waals surface area contributed by atoms with E-state index >= 15 is 0 Å². The molecule has 1 saturated heterocycles. The minimum Gasteiger partial charge on any atom is -0.497 e. The Balaban J connectivity index is 1.17. The van der Waals surface area contributed by atoms with Crippen LogP contribution in [0.2, 0.25) is 0 Å². The topological polar surface area (TPSA) is 166 Å². The van der Waals surface area contributed by atoms with E-state index in [4.69, 9.17) is 34.3 Å². The van der Waals surface area contributed by atoms with Crippen LogP contribution in [-0.2, 0) is 24.4 Å². The molecule has 1 aliphatic heterocycles. The van der Waals surface area contributed by atoms with Crippen LogP contribution in [-0.4, -0.2) is 86.6 Å². The third kappa shape index (κ3) is 10.2. The van der Waals surface area contributed by atoms with Crippen molar-refractivity contribution >= 4 is 29.3 Å². The predicted octanol–water partition coefficient (Wildman–Crippen LogP) is 7.48. The van der Waals surface area contributed by atoms with Gasteiger partial charge in [-0.15, -0.1) is 5.10 Å². The molecule has 3 atom stereocenters. The van der Waals surface area contributed by atoms with Crippen LogP contribution in [0.4, 0.5) is 22.4 Å². The maximum absolute atomic E-state index is 13.2. The van der Waals surface area contributed by atoms with Crippen LogP contribution in [0.3, 0.4) is 0 Å². The number of hydrogen-bond donors (Lipinski definition) is 2. The predicted molar refractivity (Wildman–Crippen MR) is 237 cm³/mol. The van der Waals surface area contributed by atoms with Crippen molar-refractivity contribution in [2.24, 2.45) is 0 Å². The van der Waals surface area contributed by atoms with Crippen molar-refractivity contribution < 1.29 is 24.1 Å². The lowest BCUT2D eigenvalue weighted by atomic mass is 10.1. The summed E-state index contributed by atoms with van der Waals surface area (Å²) in [6, 6.07) is 29.3. The van der Waals surface area contributed by atoms with E-state index in [-0.39, 0.29) is 25.1 Å². The molecule has 0 spiro atoms. The van der Waals surface area contributed by atoms with E-state index in [0.717, 1.165) is 46.6 Å². The molecule has 15 nitrogen and oxygen atoms in total. The number of aliphatic hydroxyl groups is 1. The number of imidazole rings is 1. The van der Waals surface area contributed by atoms with Crippen LogP contribution in [0.1, 0.15) is 72.7 Å². The number of methoxy groups -OCH3 is 2. The fourth-order valence-electron chi connectivity index (χ4n) is 7.79. The van der Waals surface area contributed by atoms with Gasteiger partial charge >= 0.3 is 6.09 Å². The van der Waals surface area contributed by atoms with E-state index in [1.165, 1.54) is 0 Å². The van der Waals surface area contributed by atoms with Crippen LogP contribution >= 0.6 is 0 Å². The first-order valence-corrected chi connectivity index (χ1v) is 20.9. The summed E-state index contributed by atoms with van der Waals surface area (Å²) in [6.07, 6.45) is 3.78. The van der Waals surface area contributed by atoms with Crippen molar-refractivity contribution in [1.82, 2.24) is 29.5 Å². The van der Waals surface area contributed by atoms with Crippen molar-refractivity contribution in [2.45, 2.75) is 77.9 Å². The summed E-state index contributed by atoms with van der Waals surface area (Å²) in [5, 5.41) is 30.2. The highest BCUT2D eigenvalue weighted by Gasteiger charge is 2.33. The van der Waals surface area contributed by atoms with Crippen molar-refractivity contribution in [1.29, 1.82) is 5.26 Å². The minimum atomic E-state index is -1.13. The second-order valence-corrected chi connectivity index (χ2v) is 15.6. The number of amides is 1. The quantitative estimate of drug-likeness (QED) is 0.0930. The molecule has 3 aromatic heterocycles. The Hall–Kier alpha value is -6.92. The number of carbonyl (C=O) groups excluding carboxylic acids is 1. The third-order valence-corrected chi connectivity index (χ3v) is 11.0. The minimum absolute atomic E-state index is 0.0905. The molecule has 2 N–H and O–H groups in total. The first-order chi connectivity index (χ1) is 30.2. The highest BCUT2D eigenvalue weighted by Crippen LogP contribution is 2.32. The molecule has 1 fully saturated rings. The lowest BCUT2D eigenvalue weighted by Crippen LogP contribution is -2.55. The maximum atomic E-state index is 13.2. The molecule has 1 aliphatic rings. The summed E-state index contributed by atoms with van der Waals surface area (Å²) in [5.41, 5.74) is 5.32. The number of benzene rings is 3. The van der Waals surface area contributed by atoms with Gasteiger partial charge in [-0.2, -0.15) is 10.2 Å². The lowest BCUT2D eigenvalue weighted by molar-refractivity contribution is 0.0768. The number of pyridine rings is 1. The number of aliphatic hydroxyl groups excluding tert-OH is 1. The number of carbonyl (C=O) groups is 1. The Morgan fingerprint density at radius 3 is 2.24 bits per heavy atom. The Labute approximate surface area is 362 Å². The fourth-order valence-corrected chi connectivity index (χ4v) is 7.79. The van der Waals surface area contributed by atoms with Gasteiger partial charge in [-0.1, -0.05) is 67.9 Å². The smallest absolute Gasteiger partial charge is 0.410 e. The van der Waals surface area contributed by atoms with Gasteiger partial charge < -0.3 is 39.3 Å². The number of piperazine rings is 1. The summed E-state index contributed by atoms with van der Waals surface area (Å²) >= 11 is 0. The summed E-state index contributed by atoms with van der Waals surface area (Å²) in [4.78, 5) is 33.8. The molecular formula is C47H54N10O5. The Bertz CT molecular complexity index is 2410. The molecule has 0 bridgehead atoms. The van der Waals surface area contributed by atoms with Crippen molar-refractivity contribution in [3.8, 4) is 17.6 Å². The van der Waals surface area contributed by atoms with Crippen LogP contribution in [0.5, 0.6) is 11.5 Å². The molecule has 6 aromatic rings. The average molecular weight is 839 g/mol. The monoisotopic (exact) mass is 838 g/mol. The fraction of sp³-hybridized carbons (Fsp3) is 0.362. The van der Waals surface area contributed by atoms with Gasteiger partial charge in [0.1, 0.15) is 30.0 Å². The number of anilines is 3. The molecule has 0 aliphatic carbocycles. The van der Waals surface area contributed by atoms with E-state index in [1.807, 2.05) is 91.9 Å². The van der Waals surface area contributed by atoms with Crippen LogP contribution in [0, 0.1) is 18.3 Å². The number of ether oxygens (including phenoxy) is 3. The van der Waals surface area contributed by atoms with Gasteiger partial charge in [-0.05, 0) is 72.9 Å². The zero-order valence-corrected chi connectivity index (χ0v) is 35.9. The second-order valence-electron chi connectivity index (χ2n) is 15.6. The molecule has 62 heavy (non-hydrogen) atoms. The molecule has 0 radical (unpaired) electrons. The highest BCUT2D eigenvalue weighted by molar-refractivity contribution is 5.69. The van der Waals surface area contributed by atoms with E-state index in [9.17, 15) is 15.2 Å². The molecule has 15 heteroatoms. The number of fused-ring (bicyclic) bond motifs is 1. The highest BCUT2D eigenvalue weighted by atomic mass is 16.6. The van der Waals surface area contributed by atoms with Crippen molar-refractivity contribution in [3.63, 3.8) is 0 Å². The van der Waals surface area contributed by atoms with Crippen LogP contribution in [0.25, 0.3) is 5.65 Å². The van der Waals surface area contributed by atoms with Gasteiger partial charge in [0.25, 0.3) is 0 Å². The average Bonchev–Trinajstić information content (AvgIpc) is 3.72. The Morgan fingerprint density at radius 2 is 1.63 bits per heavy atom. The molecule has 322 valence electrons. The molecule has 0 saturated carbocycles. The van der Waals surface area contributed by atoms with Gasteiger partial charge in [-0.25, -0.2) is 19.3 Å². The summed E-state index contributed by atoms with van der Waals surface area (Å²) in [7, 11) is 3.30. The number of hydrogen-bond acceptors (Lipinski definition) is 13.